The van der Waals surface area contributed by atoms with E-state index in [0.717, 1.165) is 56.3 Å². The third-order valence-electron chi connectivity index (χ3n) is 4.71. The number of hydrogen-bond acceptors (Lipinski definition) is 4. The lowest BCUT2D eigenvalue weighted by Crippen LogP contribution is -2.41. The van der Waals surface area contributed by atoms with Crippen molar-refractivity contribution in [2.24, 2.45) is 4.99 Å². The van der Waals surface area contributed by atoms with Crippen LogP contribution in [-0.4, -0.2) is 62.4 Å². The average molecular weight is 414 g/mol. The predicted molar refractivity (Wildman–Crippen MR) is 123 cm³/mol. The first-order valence-electron chi connectivity index (χ1n) is 10.5. The van der Waals surface area contributed by atoms with Crippen LogP contribution in [-0.2, 0) is 17.8 Å². The molecule has 0 aliphatic rings. The van der Waals surface area contributed by atoms with Gasteiger partial charge in [-0.1, -0.05) is 30.3 Å². The Hall–Kier alpha value is -2.64. The Morgan fingerprint density at radius 2 is 1.87 bits per heavy atom. The number of hydrogen-bond donors (Lipinski definition) is 2. The molecular weight excluding hydrogens is 378 g/mol. The first-order valence-corrected chi connectivity index (χ1v) is 10.5. The van der Waals surface area contributed by atoms with E-state index in [1.165, 1.54) is 0 Å². The van der Waals surface area contributed by atoms with Crippen molar-refractivity contribution >= 4 is 5.96 Å². The van der Waals surface area contributed by atoms with Crippen LogP contribution in [0, 0.1) is 0 Å². The molecule has 1 heterocycles. The van der Waals surface area contributed by atoms with Gasteiger partial charge in [-0.25, -0.2) is 4.99 Å². The van der Waals surface area contributed by atoms with Crippen molar-refractivity contribution in [3.05, 3.63) is 70.1 Å². The van der Waals surface area contributed by atoms with Gasteiger partial charge in [-0.2, -0.15) is 0 Å². The van der Waals surface area contributed by atoms with Crippen LogP contribution in [0.25, 0.3) is 0 Å². The summed E-state index contributed by atoms with van der Waals surface area (Å²) in [4.78, 5) is 18.8. The standard InChI is InChI=1S/C23H35N5O2/c1-4-24-23(25-13-16-27(2)14-7-17-30-3)26-18-20-9-11-21(12-10-20)19-28-15-6-5-8-22(28)29/h5-6,8-12,15H,4,7,13-14,16-19H2,1-3H3,(H2,24,25,26). The summed E-state index contributed by atoms with van der Waals surface area (Å²) < 4.78 is 6.80. The summed E-state index contributed by atoms with van der Waals surface area (Å²) in [6.07, 6.45) is 2.85. The summed E-state index contributed by atoms with van der Waals surface area (Å²) in [6, 6.07) is 13.5. The molecule has 0 aliphatic carbocycles. The summed E-state index contributed by atoms with van der Waals surface area (Å²) in [6.45, 7) is 7.65. The Morgan fingerprint density at radius 1 is 1.10 bits per heavy atom. The molecule has 0 atom stereocenters. The van der Waals surface area contributed by atoms with E-state index in [-0.39, 0.29) is 5.56 Å². The van der Waals surface area contributed by atoms with Crippen LogP contribution in [0.15, 0.2) is 58.4 Å². The quantitative estimate of drug-likeness (QED) is 0.316. The van der Waals surface area contributed by atoms with Crippen molar-refractivity contribution < 1.29 is 4.74 Å². The zero-order valence-electron chi connectivity index (χ0n) is 18.4. The van der Waals surface area contributed by atoms with Gasteiger partial charge in [0.25, 0.3) is 5.56 Å². The molecule has 0 radical (unpaired) electrons. The highest BCUT2D eigenvalue weighted by Gasteiger charge is 2.02. The molecule has 0 saturated carbocycles. The Labute approximate surface area is 179 Å². The maximum Gasteiger partial charge on any atom is 0.250 e. The van der Waals surface area contributed by atoms with E-state index in [4.69, 9.17) is 4.74 Å². The van der Waals surface area contributed by atoms with Crippen LogP contribution in [0.5, 0.6) is 0 Å². The van der Waals surface area contributed by atoms with Crippen molar-refractivity contribution in [2.45, 2.75) is 26.4 Å². The summed E-state index contributed by atoms with van der Waals surface area (Å²) in [7, 11) is 3.85. The fourth-order valence-corrected chi connectivity index (χ4v) is 3.01. The molecule has 0 amide bonds. The monoisotopic (exact) mass is 413 g/mol. The van der Waals surface area contributed by atoms with Crippen LogP contribution < -0.4 is 16.2 Å². The van der Waals surface area contributed by atoms with Crippen LogP contribution in [0.4, 0.5) is 0 Å². The first-order chi connectivity index (χ1) is 14.6. The van der Waals surface area contributed by atoms with Gasteiger partial charge < -0.3 is 24.8 Å². The van der Waals surface area contributed by atoms with Gasteiger partial charge in [-0.05, 0) is 37.6 Å². The number of benzene rings is 1. The number of ether oxygens (including phenoxy) is 1. The van der Waals surface area contributed by atoms with Crippen LogP contribution in [0.2, 0.25) is 0 Å². The molecule has 0 unspecified atom stereocenters. The molecule has 0 bridgehead atoms. The molecule has 1 aromatic carbocycles. The number of likely N-dealkylation sites (N-methyl/N-ethyl adjacent to an activating group) is 1. The number of aliphatic imine (C=N–C) groups is 1. The number of methoxy groups -OCH3 is 1. The highest BCUT2D eigenvalue weighted by atomic mass is 16.5. The molecule has 0 fully saturated rings. The SMILES string of the molecule is CCNC(=NCc1ccc(Cn2ccccc2=O)cc1)NCCN(C)CCCOC. The summed E-state index contributed by atoms with van der Waals surface area (Å²) in [5.74, 6) is 0.822. The van der Waals surface area contributed by atoms with Crippen LogP contribution in [0.1, 0.15) is 24.5 Å². The van der Waals surface area contributed by atoms with Gasteiger partial charge in [-0.3, -0.25) is 4.79 Å². The van der Waals surface area contributed by atoms with Crippen molar-refractivity contribution in [3.63, 3.8) is 0 Å². The Balaban J connectivity index is 1.83. The number of nitrogens with one attached hydrogen (secondary N) is 2. The largest absolute Gasteiger partial charge is 0.385 e. The minimum atomic E-state index is 0.0110. The van der Waals surface area contributed by atoms with Crippen molar-refractivity contribution in [2.75, 3.05) is 46.9 Å². The minimum Gasteiger partial charge on any atom is -0.385 e. The molecule has 7 heteroatoms. The van der Waals surface area contributed by atoms with Crippen molar-refractivity contribution in [1.29, 1.82) is 0 Å². The Bertz CT molecular complexity index is 817. The van der Waals surface area contributed by atoms with E-state index < -0.39 is 0 Å². The summed E-state index contributed by atoms with van der Waals surface area (Å²) >= 11 is 0. The molecule has 2 rings (SSSR count). The summed E-state index contributed by atoms with van der Waals surface area (Å²) in [5.41, 5.74) is 2.24. The second-order valence-corrected chi connectivity index (χ2v) is 7.25. The minimum absolute atomic E-state index is 0.0110. The fraction of sp³-hybridized carbons (Fsp3) is 0.478. The molecule has 0 spiro atoms. The highest BCUT2D eigenvalue weighted by Crippen LogP contribution is 2.07. The molecule has 2 N–H and O–H groups in total. The maximum atomic E-state index is 11.8. The molecule has 164 valence electrons. The number of rotatable bonds is 12. The molecular formula is C23H35N5O2. The lowest BCUT2D eigenvalue weighted by atomic mass is 10.1. The van der Waals surface area contributed by atoms with Crippen molar-refractivity contribution in [1.82, 2.24) is 20.1 Å². The second kappa shape index (κ2) is 13.6. The van der Waals surface area contributed by atoms with Crippen LogP contribution >= 0.6 is 0 Å². The lowest BCUT2D eigenvalue weighted by Gasteiger charge is -2.18. The van der Waals surface area contributed by atoms with Gasteiger partial charge in [0, 0.05) is 52.2 Å². The van der Waals surface area contributed by atoms with Gasteiger partial charge in [0.15, 0.2) is 5.96 Å². The second-order valence-electron chi connectivity index (χ2n) is 7.25. The maximum absolute atomic E-state index is 11.8. The zero-order valence-corrected chi connectivity index (χ0v) is 18.4. The van der Waals surface area contributed by atoms with E-state index in [1.54, 1.807) is 23.8 Å². The first kappa shape index (κ1) is 23.6. The predicted octanol–water partition coefficient (Wildman–Crippen LogP) is 1.92. The molecule has 30 heavy (non-hydrogen) atoms. The van der Waals surface area contributed by atoms with Gasteiger partial charge in [0.05, 0.1) is 13.1 Å². The third kappa shape index (κ3) is 8.80. The number of guanidine groups is 1. The molecule has 7 nitrogen and oxygen atoms in total. The molecule has 2 aromatic rings. The molecule has 0 saturated heterocycles. The van der Waals surface area contributed by atoms with E-state index in [2.05, 4.69) is 58.8 Å². The zero-order chi connectivity index (χ0) is 21.6. The van der Waals surface area contributed by atoms with E-state index in [9.17, 15) is 4.79 Å². The van der Waals surface area contributed by atoms with Gasteiger partial charge in [0.2, 0.25) is 0 Å². The normalized spacial score (nSPS) is 11.7. The third-order valence-corrected chi connectivity index (χ3v) is 4.71. The molecule has 0 aliphatic heterocycles. The van der Waals surface area contributed by atoms with E-state index >= 15 is 0 Å². The van der Waals surface area contributed by atoms with Gasteiger partial charge in [0.1, 0.15) is 0 Å². The average Bonchev–Trinajstić information content (AvgIpc) is 2.75. The number of aromatic nitrogens is 1. The summed E-state index contributed by atoms with van der Waals surface area (Å²) in [5, 5.41) is 6.68. The fourth-order valence-electron chi connectivity index (χ4n) is 3.01. The van der Waals surface area contributed by atoms with Crippen molar-refractivity contribution in [3.8, 4) is 0 Å². The highest BCUT2D eigenvalue weighted by molar-refractivity contribution is 5.79. The topological polar surface area (TPSA) is 70.9 Å². The van der Waals surface area contributed by atoms with E-state index in [0.29, 0.717) is 13.1 Å². The van der Waals surface area contributed by atoms with E-state index in [1.807, 2.05) is 12.3 Å². The Morgan fingerprint density at radius 3 is 2.57 bits per heavy atom. The Kier molecular flexibility index (Phi) is 10.7. The van der Waals surface area contributed by atoms with Crippen LogP contribution in [0.3, 0.4) is 0 Å². The smallest absolute Gasteiger partial charge is 0.250 e. The molecule has 1 aromatic heterocycles. The number of pyridine rings is 1. The van der Waals surface area contributed by atoms with Gasteiger partial charge >= 0.3 is 0 Å². The lowest BCUT2D eigenvalue weighted by molar-refractivity contribution is 0.180. The van der Waals surface area contributed by atoms with Gasteiger partial charge in [-0.15, -0.1) is 0 Å². The number of nitrogens with zero attached hydrogens (tertiary/aromatic N) is 3.